The van der Waals surface area contributed by atoms with Crippen LogP contribution in [0.3, 0.4) is 0 Å². The van der Waals surface area contributed by atoms with Crippen molar-refractivity contribution in [2.75, 3.05) is 5.32 Å². The maximum Gasteiger partial charge on any atom is 0.130 e. The molecule has 1 heterocycles. The number of nitrogens with zero attached hydrogens (tertiary/aromatic N) is 1. The second kappa shape index (κ2) is 5.46. The van der Waals surface area contributed by atoms with Crippen LogP contribution >= 0.6 is 11.6 Å². The fourth-order valence-corrected chi connectivity index (χ4v) is 1.68. The van der Waals surface area contributed by atoms with E-state index in [-0.39, 0.29) is 0 Å². The summed E-state index contributed by atoms with van der Waals surface area (Å²) in [5, 5.41) is 3.77. The van der Waals surface area contributed by atoms with E-state index in [1.807, 2.05) is 24.3 Å². The zero-order valence-corrected chi connectivity index (χ0v) is 9.82. The predicted molar refractivity (Wildman–Crippen MR) is 68.7 cm³/mol. The summed E-state index contributed by atoms with van der Waals surface area (Å²) in [6.07, 6.45) is 2.92. The highest BCUT2D eigenvalue weighted by atomic mass is 35.5. The SMILES string of the molecule is O=CCc1ccc(Cl)cc1Nc1ccccn1. The molecular weight excluding hydrogens is 236 g/mol. The summed E-state index contributed by atoms with van der Waals surface area (Å²) in [6, 6.07) is 11.0. The molecule has 86 valence electrons. The summed E-state index contributed by atoms with van der Waals surface area (Å²) in [4.78, 5) is 14.7. The molecule has 1 aromatic carbocycles. The van der Waals surface area contributed by atoms with Gasteiger partial charge in [0.05, 0.1) is 0 Å². The molecule has 0 unspecified atom stereocenters. The molecule has 0 bridgehead atoms. The number of benzene rings is 1. The molecule has 4 heteroatoms. The quantitative estimate of drug-likeness (QED) is 0.843. The third kappa shape index (κ3) is 3.04. The monoisotopic (exact) mass is 246 g/mol. The fraction of sp³-hybridized carbons (Fsp3) is 0.0769. The Bertz CT molecular complexity index is 514. The third-order valence-corrected chi connectivity index (χ3v) is 2.54. The molecule has 0 spiro atoms. The van der Waals surface area contributed by atoms with Crippen LogP contribution in [0.1, 0.15) is 5.56 Å². The summed E-state index contributed by atoms with van der Waals surface area (Å²) in [5.74, 6) is 0.724. The number of carbonyl (C=O) groups excluding carboxylic acids is 1. The predicted octanol–water partition coefficient (Wildman–Crippen LogP) is 3.22. The zero-order chi connectivity index (χ0) is 12.1. The first-order chi connectivity index (χ1) is 8.29. The molecule has 1 aromatic heterocycles. The fourth-order valence-electron chi connectivity index (χ4n) is 1.51. The normalized spacial score (nSPS) is 9.94. The van der Waals surface area contributed by atoms with Crippen LogP contribution < -0.4 is 5.32 Å². The van der Waals surface area contributed by atoms with Gasteiger partial charge in [-0.25, -0.2) is 4.98 Å². The Morgan fingerprint density at radius 2 is 2.18 bits per heavy atom. The summed E-state index contributed by atoms with van der Waals surface area (Å²) >= 11 is 5.93. The molecule has 0 radical (unpaired) electrons. The van der Waals surface area contributed by atoms with Gasteiger partial charge in [-0.1, -0.05) is 23.7 Å². The Morgan fingerprint density at radius 3 is 2.88 bits per heavy atom. The molecule has 0 fully saturated rings. The lowest BCUT2D eigenvalue weighted by Crippen LogP contribution is -1.98. The highest BCUT2D eigenvalue weighted by Gasteiger charge is 2.04. The van der Waals surface area contributed by atoms with E-state index in [4.69, 9.17) is 11.6 Å². The number of carbonyl (C=O) groups is 1. The molecule has 3 nitrogen and oxygen atoms in total. The summed E-state index contributed by atoms with van der Waals surface area (Å²) < 4.78 is 0. The lowest BCUT2D eigenvalue weighted by atomic mass is 10.1. The van der Waals surface area contributed by atoms with Crippen molar-refractivity contribution in [2.24, 2.45) is 0 Å². The van der Waals surface area contributed by atoms with E-state index in [0.717, 1.165) is 23.4 Å². The standard InChI is InChI=1S/C13H11ClN2O/c14-11-5-4-10(6-8-17)12(9-11)16-13-3-1-2-7-15-13/h1-5,7-9H,6H2,(H,15,16). The van der Waals surface area contributed by atoms with Gasteiger partial charge in [0.1, 0.15) is 12.1 Å². The largest absolute Gasteiger partial charge is 0.340 e. The molecule has 0 saturated carbocycles. The molecule has 17 heavy (non-hydrogen) atoms. The number of aldehydes is 1. The van der Waals surface area contributed by atoms with E-state index in [1.54, 1.807) is 18.3 Å². The highest BCUT2D eigenvalue weighted by molar-refractivity contribution is 6.30. The van der Waals surface area contributed by atoms with Crippen LogP contribution in [0.15, 0.2) is 42.6 Å². The van der Waals surface area contributed by atoms with E-state index in [2.05, 4.69) is 10.3 Å². The van der Waals surface area contributed by atoms with Gasteiger partial charge in [-0.05, 0) is 29.8 Å². The first-order valence-corrected chi connectivity index (χ1v) is 5.57. The van der Waals surface area contributed by atoms with Gasteiger partial charge in [-0.3, -0.25) is 0 Å². The second-order valence-electron chi connectivity index (χ2n) is 3.51. The van der Waals surface area contributed by atoms with Gasteiger partial charge in [0, 0.05) is 23.3 Å². The van der Waals surface area contributed by atoms with E-state index < -0.39 is 0 Å². The Morgan fingerprint density at radius 1 is 1.29 bits per heavy atom. The van der Waals surface area contributed by atoms with Crippen molar-refractivity contribution < 1.29 is 4.79 Å². The number of hydrogen-bond donors (Lipinski definition) is 1. The third-order valence-electron chi connectivity index (χ3n) is 2.30. The van der Waals surface area contributed by atoms with Gasteiger partial charge >= 0.3 is 0 Å². The highest BCUT2D eigenvalue weighted by Crippen LogP contribution is 2.23. The van der Waals surface area contributed by atoms with Crippen molar-refractivity contribution in [3.63, 3.8) is 0 Å². The number of halogens is 1. The van der Waals surface area contributed by atoms with Crippen LogP contribution in [-0.4, -0.2) is 11.3 Å². The first-order valence-electron chi connectivity index (χ1n) is 5.20. The van der Waals surface area contributed by atoms with Gasteiger partial charge < -0.3 is 10.1 Å². The Balaban J connectivity index is 2.30. The average molecular weight is 247 g/mol. The average Bonchev–Trinajstić information content (AvgIpc) is 2.34. The number of aromatic nitrogens is 1. The van der Waals surface area contributed by atoms with Gasteiger partial charge in [-0.2, -0.15) is 0 Å². The van der Waals surface area contributed by atoms with Gasteiger partial charge in [0.25, 0.3) is 0 Å². The molecule has 0 aliphatic carbocycles. The van der Waals surface area contributed by atoms with Crippen LogP contribution in [0.25, 0.3) is 0 Å². The Kier molecular flexibility index (Phi) is 3.73. The first kappa shape index (κ1) is 11.6. The van der Waals surface area contributed by atoms with Crippen molar-refractivity contribution in [3.8, 4) is 0 Å². The molecule has 0 amide bonds. The maximum absolute atomic E-state index is 10.6. The summed E-state index contributed by atoms with van der Waals surface area (Å²) in [5.41, 5.74) is 1.71. The minimum atomic E-state index is 0.354. The zero-order valence-electron chi connectivity index (χ0n) is 9.06. The molecule has 0 aliphatic rings. The van der Waals surface area contributed by atoms with Gasteiger partial charge in [0.2, 0.25) is 0 Å². The smallest absolute Gasteiger partial charge is 0.130 e. The van der Waals surface area contributed by atoms with Crippen molar-refractivity contribution >= 4 is 29.4 Å². The summed E-state index contributed by atoms with van der Waals surface area (Å²) in [7, 11) is 0. The molecule has 0 atom stereocenters. The van der Waals surface area contributed by atoms with Crippen LogP contribution in [0.5, 0.6) is 0 Å². The van der Waals surface area contributed by atoms with E-state index in [9.17, 15) is 4.79 Å². The number of anilines is 2. The molecule has 2 aromatic rings. The topological polar surface area (TPSA) is 42.0 Å². The molecule has 0 saturated heterocycles. The van der Waals surface area contributed by atoms with Crippen molar-refractivity contribution in [3.05, 3.63) is 53.2 Å². The number of pyridine rings is 1. The van der Waals surface area contributed by atoms with Crippen molar-refractivity contribution in [1.29, 1.82) is 0 Å². The number of hydrogen-bond acceptors (Lipinski definition) is 3. The van der Waals surface area contributed by atoms with Crippen LogP contribution in [0.4, 0.5) is 11.5 Å². The van der Waals surface area contributed by atoms with Gasteiger partial charge in [0.15, 0.2) is 0 Å². The van der Waals surface area contributed by atoms with Gasteiger partial charge in [-0.15, -0.1) is 0 Å². The molecular formula is C13H11ClN2O. The Labute approximate surface area is 104 Å². The molecule has 0 aliphatic heterocycles. The summed E-state index contributed by atoms with van der Waals surface area (Å²) in [6.45, 7) is 0. The van der Waals surface area contributed by atoms with Crippen LogP contribution in [0.2, 0.25) is 5.02 Å². The second-order valence-corrected chi connectivity index (χ2v) is 3.95. The minimum Gasteiger partial charge on any atom is -0.340 e. The lowest BCUT2D eigenvalue weighted by molar-refractivity contribution is -0.107. The van der Waals surface area contributed by atoms with Crippen LogP contribution in [0, 0.1) is 0 Å². The maximum atomic E-state index is 10.6. The minimum absolute atomic E-state index is 0.354. The van der Waals surface area contributed by atoms with E-state index >= 15 is 0 Å². The van der Waals surface area contributed by atoms with Crippen molar-refractivity contribution in [2.45, 2.75) is 6.42 Å². The number of rotatable bonds is 4. The Hall–Kier alpha value is -1.87. The molecule has 1 N–H and O–H groups in total. The van der Waals surface area contributed by atoms with Crippen molar-refractivity contribution in [1.82, 2.24) is 4.98 Å². The van der Waals surface area contributed by atoms with Crippen LogP contribution in [-0.2, 0) is 11.2 Å². The van der Waals surface area contributed by atoms with E-state index in [0.29, 0.717) is 11.4 Å². The number of nitrogens with one attached hydrogen (secondary N) is 1. The lowest BCUT2D eigenvalue weighted by Gasteiger charge is -2.10. The molecule has 2 rings (SSSR count). The van der Waals surface area contributed by atoms with E-state index in [1.165, 1.54) is 0 Å².